The maximum atomic E-state index is 5.52. The maximum Gasteiger partial charge on any atom is 0.127 e. The number of hydrogen-bond donors (Lipinski definition) is 0. The summed E-state index contributed by atoms with van der Waals surface area (Å²) in [5.41, 5.74) is 3.15. The van der Waals surface area contributed by atoms with Gasteiger partial charge in [-0.15, -0.1) is 0 Å². The number of fused-ring (bicyclic) bond motifs is 1. The Labute approximate surface area is 136 Å². The van der Waals surface area contributed by atoms with Crippen molar-refractivity contribution < 1.29 is 9.47 Å². The lowest BCUT2D eigenvalue weighted by Crippen LogP contribution is -1.93. The molecule has 0 radical (unpaired) electrons. The van der Waals surface area contributed by atoms with Crippen LogP contribution in [-0.4, -0.2) is 20.4 Å². The van der Waals surface area contributed by atoms with E-state index in [1.54, 1.807) is 14.2 Å². The van der Waals surface area contributed by atoms with Gasteiger partial charge in [0.15, 0.2) is 0 Å². The molecule has 3 rings (SSSR count). The number of nitrogens with zero attached hydrogens (tertiary/aromatic N) is 1. The highest BCUT2D eigenvalue weighted by atomic mass is 16.5. The summed E-state index contributed by atoms with van der Waals surface area (Å²) in [7, 11) is 3.35. The number of aryl methyl sites for hydroxylation is 1. The van der Waals surface area contributed by atoms with Crippen molar-refractivity contribution in [1.29, 1.82) is 0 Å². The molecule has 3 aromatic rings. The minimum absolute atomic E-state index is 0.812. The van der Waals surface area contributed by atoms with Crippen molar-refractivity contribution in [3.8, 4) is 11.5 Å². The van der Waals surface area contributed by atoms with Crippen LogP contribution >= 0.6 is 0 Å². The standard InChI is InChI=1S/C20H19NO2/c1-14-7-10-16(11-8-14)21-13-15-9-12-18(22-2)17-5-4-6-19(23-3)20(15)17/h4-13H,1-3H3. The van der Waals surface area contributed by atoms with Crippen molar-refractivity contribution in [2.75, 3.05) is 14.2 Å². The van der Waals surface area contributed by atoms with Gasteiger partial charge in [-0.1, -0.05) is 29.8 Å². The van der Waals surface area contributed by atoms with E-state index < -0.39 is 0 Å². The van der Waals surface area contributed by atoms with Crippen LogP contribution in [0.2, 0.25) is 0 Å². The Morgan fingerprint density at radius 3 is 2.26 bits per heavy atom. The molecule has 0 heterocycles. The van der Waals surface area contributed by atoms with Crippen LogP contribution in [0, 0.1) is 6.92 Å². The molecule has 0 bridgehead atoms. The Hall–Kier alpha value is -2.81. The first-order chi connectivity index (χ1) is 11.2. The maximum absolute atomic E-state index is 5.52. The summed E-state index contributed by atoms with van der Waals surface area (Å²) >= 11 is 0. The van der Waals surface area contributed by atoms with Crippen LogP contribution in [0.25, 0.3) is 10.8 Å². The van der Waals surface area contributed by atoms with Crippen molar-refractivity contribution in [2.45, 2.75) is 6.92 Å². The van der Waals surface area contributed by atoms with Gasteiger partial charge in [0.25, 0.3) is 0 Å². The highest BCUT2D eigenvalue weighted by Crippen LogP contribution is 2.34. The van der Waals surface area contributed by atoms with E-state index in [9.17, 15) is 0 Å². The second-order valence-electron chi connectivity index (χ2n) is 5.33. The summed E-state index contributed by atoms with van der Waals surface area (Å²) in [5, 5.41) is 2.02. The van der Waals surface area contributed by atoms with E-state index in [-0.39, 0.29) is 0 Å². The third-order valence-electron chi connectivity index (χ3n) is 3.82. The van der Waals surface area contributed by atoms with Gasteiger partial charge in [0.05, 0.1) is 19.9 Å². The summed E-state index contributed by atoms with van der Waals surface area (Å²) in [4.78, 5) is 4.58. The molecule has 23 heavy (non-hydrogen) atoms. The minimum atomic E-state index is 0.812. The Morgan fingerprint density at radius 2 is 1.57 bits per heavy atom. The van der Waals surface area contributed by atoms with Crippen LogP contribution in [0.3, 0.4) is 0 Å². The first-order valence-corrected chi connectivity index (χ1v) is 7.47. The number of benzene rings is 3. The molecule has 0 fully saturated rings. The van der Waals surface area contributed by atoms with Gasteiger partial charge >= 0.3 is 0 Å². The molecular weight excluding hydrogens is 286 g/mol. The van der Waals surface area contributed by atoms with Crippen molar-refractivity contribution in [2.24, 2.45) is 4.99 Å². The number of aliphatic imine (C=N–C) groups is 1. The van der Waals surface area contributed by atoms with Gasteiger partial charge in [0, 0.05) is 22.6 Å². The molecule has 3 nitrogen and oxygen atoms in total. The van der Waals surface area contributed by atoms with E-state index in [0.29, 0.717) is 0 Å². The molecule has 0 aliphatic carbocycles. The molecule has 0 atom stereocenters. The molecule has 0 unspecified atom stereocenters. The molecule has 0 spiro atoms. The SMILES string of the molecule is COc1ccc(C=Nc2ccc(C)cc2)c2c(OC)cccc12. The normalized spacial score (nSPS) is 11.1. The number of ether oxygens (including phenoxy) is 2. The van der Waals surface area contributed by atoms with Crippen molar-refractivity contribution in [1.82, 2.24) is 0 Å². The summed E-state index contributed by atoms with van der Waals surface area (Å²) in [6.45, 7) is 2.06. The van der Waals surface area contributed by atoms with Crippen molar-refractivity contribution in [3.63, 3.8) is 0 Å². The largest absolute Gasteiger partial charge is 0.496 e. The van der Waals surface area contributed by atoms with Gasteiger partial charge in [0.1, 0.15) is 11.5 Å². The zero-order valence-electron chi connectivity index (χ0n) is 13.5. The second kappa shape index (κ2) is 6.53. The average Bonchev–Trinajstić information content (AvgIpc) is 2.60. The van der Waals surface area contributed by atoms with E-state index in [1.165, 1.54) is 5.56 Å². The molecule has 116 valence electrons. The summed E-state index contributed by atoms with van der Waals surface area (Å²) in [6, 6.07) is 18.0. The molecule has 0 aromatic heterocycles. The summed E-state index contributed by atoms with van der Waals surface area (Å²) in [6.07, 6.45) is 1.87. The predicted octanol–water partition coefficient (Wildman–Crippen LogP) is 4.92. The van der Waals surface area contributed by atoms with Crippen LogP contribution in [-0.2, 0) is 0 Å². The van der Waals surface area contributed by atoms with Crippen LogP contribution in [0.15, 0.2) is 59.6 Å². The van der Waals surface area contributed by atoms with Gasteiger partial charge in [-0.25, -0.2) is 0 Å². The topological polar surface area (TPSA) is 30.8 Å². The fourth-order valence-electron chi connectivity index (χ4n) is 2.60. The first kappa shape index (κ1) is 15.1. The lowest BCUT2D eigenvalue weighted by molar-refractivity contribution is 0.415. The van der Waals surface area contributed by atoms with Crippen LogP contribution in [0.1, 0.15) is 11.1 Å². The van der Waals surface area contributed by atoms with Crippen LogP contribution in [0.5, 0.6) is 11.5 Å². The summed E-state index contributed by atoms with van der Waals surface area (Å²) in [5.74, 6) is 1.64. The lowest BCUT2D eigenvalue weighted by atomic mass is 10.0. The van der Waals surface area contributed by atoms with E-state index in [0.717, 1.165) is 33.5 Å². The molecule has 0 aliphatic heterocycles. The Morgan fingerprint density at radius 1 is 0.826 bits per heavy atom. The highest BCUT2D eigenvalue weighted by molar-refractivity contribution is 6.06. The van der Waals surface area contributed by atoms with E-state index >= 15 is 0 Å². The zero-order valence-corrected chi connectivity index (χ0v) is 13.5. The van der Waals surface area contributed by atoms with Crippen molar-refractivity contribution >= 4 is 22.7 Å². The Kier molecular flexibility index (Phi) is 4.29. The van der Waals surface area contributed by atoms with Gasteiger partial charge in [0.2, 0.25) is 0 Å². The number of methoxy groups -OCH3 is 2. The van der Waals surface area contributed by atoms with E-state index in [4.69, 9.17) is 9.47 Å². The molecule has 0 N–H and O–H groups in total. The molecule has 3 heteroatoms. The minimum Gasteiger partial charge on any atom is -0.496 e. The molecule has 0 aliphatic rings. The van der Waals surface area contributed by atoms with E-state index in [1.807, 2.05) is 48.7 Å². The lowest BCUT2D eigenvalue weighted by Gasteiger charge is -2.11. The second-order valence-corrected chi connectivity index (χ2v) is 5.33. The van der Waals surface area contributed by atoms with E-state index in [2.05, 4.69) is 24.0 Å². The average molecular weight is 305 g/mol. The molecule has 3 aromatic carbocycles. The van der Waals surface area contributed by atoms with Gasteiger partial charge < -0.3 is 9.47 Å². The zero-order chi connectivity index (χ0) is 16.2. The van der Waals surface area contributed by atoms with Crippen molar-refractivity contribution in [3.05, 3.63) is 65.7 Å². The van der Waals surface area contributed by atoms with Gasteiger partial charge in [-0.2, -0.15) is 0 Å². The number of hydrogen-bond acceptors (Lipinski definition) is 3. The third-order valence-corrected chi connectivity index (χ3v) is 3.82. The van der Waals surface area contributed by atoms with Gasteiger partial charge in [-0.05, 0) is 37.3 Å². The quantitative estimate of drug-likeness (QED) is 0.641. The third kappa shape index (κ3) is 3.04. The molecule has 0 saturated carbocycles. The molecular formula is C20H19NO2. The smallest absolute Gasteiger partial charge is 0.127 e. The Bertz CT molecular complexity index is 851. The Balaban J connectivity index is 2.12. The van der Waals surface area contributed by atoms with Crippen LogP contribution in [0.4, 0.5) is 5.69 Å². The highest BCUT2D eigenvalue weighted by Gasteiger charge is 2.10. The molecule has 0 amide bonds. The monoisotopic (exact) mass is 305 g/mol. The van der Waals surface area contributed by atoms with Gasteiger partial charge in [-0.3, -0.25) is 4.99 Å². The first-order valence-electron chi connectivity index (χ1n) is 7.47. The number of rotatable bonds is 4. The molecule has 0 saturated heterocycles. The fraction of sp³-hybridized carbons (Fsp3) is 0.150. The summed E-state index contributed by atoms with van der Waals surface area (Å²) < 4.78 is 11.0. The predicted molar refractivity (Wildman–Crippen MR) is 95.5 cm³/mol. The fourth-order valence-corrected chi connectivity index (χ4v) is 2.60. The van der Waals surface area contributed by atoms with Crippen LogP contribution < -0.4 is 9.47 Å².